The van der Waals surface area contributed by atoms with Crippen molar-refractivity contribution < 1.29 is 4.79 Å². The van der Waals surface area contributed by atoms with E-state index in [4.69, 9.17) is 0 Å². The van der Waals surface area contributed by atoms with Crippen LogP contribution in [-0.2, 0) is 4.79 Å². The van der Waals surface area contributed by atoms with Gasteiger partial charge in [0.25, 0.3) is 0 Å². The van der Waals surface area contributed by atoms with Gasteiger partial charge in [0.1, 0.15) is 0 Å². The molecular formula is C17H32N2O. The fourth-order valence-electron chi connectivity index (χ4n) is 3.96. The van der Waals surface area contributed by atoms with E-state index in [-0.39, 0.29) is 5.41 Å². The van der Waals surface area contributed by atoms with E-state index >= 15 is 0 Å². The molecule has 2 fully saturated rings. The largest absolute Gasteiger partial charge is 0.339 e. The molecular weight excluding hydrogens is 248 g/mol. The first-order valence-corrected chi connectivity index (χ1v) is 8.61. The molecule has 1 saturated heterocycles. The summed E-state index contributed by atoms with van der Waals surface area (Å²) >= 11 is 0. The van der Waals surface area contributed by atoms with Crippen LogP contribution in [0.25, 0.3) is 0 Å². The van der Waals surface area contributed by atoms with Crippen molar-refractivity contribution in [3.8, 4) is 0 Å². The molecule has 1 aliphatic carbocycles. The van der Waals surface area contributed by atoms with Gasteiger partial charge in [0.15, 0.2) is 0 Å². The summed E-state index contributed by atoms with van der Waals surface area (Å²) in [6, 6.07) is 0.327. The third-order valence-corrected chi connectivity index (χ3v) is 5.43. The van der Waals surface area contributed by atoms with Gasteiger partial charge in [0.2, 0.25) is 5.91 Å². The molecule has 0 bridgehead atoms. The maximum Gasteiger partial charge on any atom is 0.229 e. The van der Waals surface area contributed by atoms with E-state index in [0.717, 1.165) is 38.9 Å². The Kier molecular flexibility index (Phi) is 5.48. The van der Waals surface area contributed by atoms with Gasteiger partial charge in [-0.15, -0.1) is 0 Å². The van der Waals surface area contributed by atoms with Crippen molar-refractivity contribution >= 4 is 5.91 Å². The molecule has 0 radical (unpaired) electrons. The second-order valence-electron chi connectivity index (χ2n) is 7.10. The Bertz CT molecular complexity index is 315. The van der Waals surface area contributed by atoms with Crippen LogP contribution in [-0.4, -0.2) is 36.5 Å². The minimum Gasteiger partial charge on any atom is -0.339 e. The number of hydrogen-bond donors (Lipinski definition) is 1. The van der Waals surface area contributed by atoms with Crippen molar-refractivity contribution in [1.82, 2.24) is 10.2 Å². The van der Waals surface area contributed by atoms with Crippen LogP contribution in [0.3, 0.4) is 0 Å². The molecule has 116 valence electrons. The van der Waals surface area contributed by atoms with Crippen molar-refractivity contribution in [3.05, 3.63) is 0 Å². The molecule has 0 aromatic carbocycles. The highest BCUT2D eigenvalue weighted by Gasteiger charge is 2.42. The highest BCUT2D eigenvalue weighted by molar-refractivity contribution is 5.83. The summed E-state index contributed by atoms with van der Waals surface area (Å²) in [7, 11) is 0. The SMILES string of the molecule is CCC1(C(=O)N(CC2CCCNC2)C(C)C)CCCC1. The molecule has 1 N–H and O–H groups in total. The van der Waals surface area contributed by atoms with Crippen LogP contribution >= 0.6 is 0 Å². The molecule has 1 saturated carbocycles. The number of nitrogens with zero attached hydrogens (tertiary/aromatic N) is 1. The third kappa shape index (κ3) is 3.36. The van der Waals surface area contributed by atoms with E-state index < -0.39 is 0 Å². The fraction of sp³-hybridized carbons (Fsp3) is 0.941. The van der Waals surface area contributed by atoms with E-state index in [2.05, 4.69) is 31.0 Å². The Morgan fingerprint density at radius 3 is 2.50 bits per heavy atom. The number of piperidine rings is 1. The standard InChI is InChI=1S/C17H32N2O/c1-4-17(9-5-6-10-17)16(20)19(14(2)3)13-15-8-7-11-18-12-15/h14-15,18H,4-13H2,1-3H3. The molecule has 2 rings (SSSR count). The van der Waals surface area contributed by atoms with Gasteiger partial charge in [-0.25, -0.2) is 0 Å². The molecule has 1 aliphatic heterocycles. The van der Waals surface area contributed by atoms with Crippen molar-refractivity contribution in [2.75, 3.05) is 19.6 Å². The number of hydrogen-bond acceptors (Lipinski definition) is 2. The lowest BCUT2D eigenvalue weighted by molar-refractivity contribution is -0.144. The van der Waals surface area contributed by atoms with Crippen LogP contribution in [0.15, 0.2) is 0 Å². The first-order valence-electron chi connectivity index (χ1n) is 8.61. The summed E-state index contributed by atoms with van der Waals surface area (Å²) < 4.78 is 0. The van der Waals surface area contributed by atoms with Gasteiger partial charge in [-0.3, -0.25) is 4.79 Å². The second kappa shape index (κ2) is 6.93. The van der Waals surface area contributed by atoms with Crippen LogP contribution in [0.2, 0.25) is 0 Å². The van der Waals surface area contributed by atoms with Gasteiger partial charge >= 0.3 is 0 Å². The predicted octanol–water partition coefficient (Wildman–Crippen LogP) is 3.19. The average Bonchev–Trinajstić information content (AvgIpc) is 2.95. The van der Waals surface area contributed by atoms with Crippen LogP contribution < -0.4 is 5.32 Å². The quantitative estimate of drug-likeness (QED) is 0.839. The Morgan fingerprint density at radius 1 is 1.30 bits per heavy atom. The third-order valence-electron chi connectivity index (χ3n) is 5.43. The van der Waals surface area contributed by atoms with Crippen molar-refractivity contribution in [2.45, 2.75) is 71.8 Å². The summed E-state index contributed by atoms with van der Waals surface area (Å²) in [6.07, 6.45) is 8.21. The zero-order valence-corrected chi connectivity index (χ0v) is 13.6. The van der Waals surface area contributed by atoms with E-state index in [9.17, 15) is 4.79 Å². The van der Waals surface area contributed by atoms with E-state index in [0.29, 0.717) is 17.9 Å². The maximum atomic E-state index is 13.1. The Balaban J connectivity index is 2.04. The predicted molar refractivity (Wildman–Crippen MR) is 83.6 cm³/mol. The summed E-state index contributed by atoms with van der Waals surface area (Å²) in [5.41, 5.74) is -0.0354. The molecule has 0 aromatic rings. The number of nitrogens with one attached hydrogen (secondary N) is 1. The van der Waals surface area contributed by atoms with Crippen LogP contribution in [0.4, 0.5) is 0 Å². The Labute approximate surface area is 124 Å². The number of rotatable bonds is 5. The molecule has 0 aromatic heterocycles. The molecule has 20 heavy (non-hydrogen) atoms. The van der Waals surface area contributed by atoms with Crippen molar-refractivity contribution in [2.24, 2.45) is 11.3 Å². The average molecular weight is 280 g/mol. The van der Waals surface area contributed by atoms with E-state index in [1.807, 2.05) is 0 Å². The maximum absolute atomic E-state index is 13.1. The molecule has 1 atom stereocenters. The summed E-state index contributed by atoms with van der Waals surface area (Å²) in [6.45, 7) is 9.72. The highest BCUT2D eigenvalue weighted by Crippen LogP contribution is 2.43. The highest BCUT2D eigenvalue weighted by atomic mass is 16.2. The van der Waals surface area contributed by atoms with Crippen molar-refractivity contribution in [3.63, 3.8) is 0 Å². The van der Waals surface area contributed by atoms with Crippen LogP contribution in [0.1, 0.15) is 65.7 Å². The molecule has 1 unspecified atom stereocenters. The van der Waals surface area contributed by atoms with E-state index in [1.54, 1.807) is 0 Å². The van der Waals surface area contributed by atoms with E-state index in [1.165, 1.54) is 25.7 Å². The number of carbonyl (C=O) groups excluding carboxylic acids is 1. The molecule has 1 amide bonds. The van der Waals surface area contributed by atoms with Crippen LogP contribution in [0, 0.1) is 11.3 Å². The van der Waals surface area contributed by atoms with Gasteiger partial charge in [-0.1, -0.05) is 19.8 Å². The fourth-order valence-corrected chi connectivity index (χ4v) is 3.96. The number of carbonyl (C=O) groups is 1. The second-order valence-corrected chi connectivity index (χ2v) is 7.10. The minimum absolute atomic E-state index is 0.0354. The van der Waals surface area contributed by atoms with Gasteiger partial charge < -0.3 is 10.2 Å². The Hall–Kier alpha value is -0.570. The molecule has 3 nitrogen and oxygen atoms in total. The summed E-state index contributed by atoms with van der Waals surface area (Å²) in [5.74, 6) is 1.09. The zero-order valence-electron chi connectivity index (χ0n) is 13.6. The van der Waals surface area contributed by atoms with Gasteiger partial charge in [0, 0.05) is 18.0 Å². The first-order chi connectivity index (χ1) is 9.59. The molecule has 0 spiro atoms. The smallest absolute Gasteiger partial charge is 0.229 e. The molecule has 1 heterocycles. The first kappa shape index (κ1) is 15.8. The van der Waals surface area contributed by atoms with Crippen molar-refractivity contribution in [1.29, 1.82) is 0 Å². The number of amides is 1. The summed E-state index contributed by atoms with van der Waals surface area (Å²) in [4.78, 5) is 15.3. The van der Waals surface area contributed by atoms with Gasteiger partial charge in [0.05, 0.1) is 0 Å². The summed E-state index contributed by atoms with van der Waals surface area (Å²) in [5, 5.41) is 3.47. The topological polar surface area (TPSA) is 32.3 Å². The monoisotopic (exact) mass is 280 g/mol. The molecule has 3 heteroatoms. The lowest BCUT2D eigenvalue weighted by atomic mass is 9.81. The minimum atomic E-state index is -0.0354. The lowest BCUT2D eigenvalue weighted by Gasteiger charge is -2.39. The van der Waals surface area contributed by atoms with Gasteiger partial charge in [-0.2, -0.15) is 0 Å². The van der Waals surface area contributed by atoms with Crippen LogP contribution in [0.5, 0.6) is 0 Å². The normalized spacial score (nSPS) is 25.9. The Morgan fingerprint density at radius 2 is 2.00 bits per heavy atom. The zero-order chi connectivity index (χ0) is 14.6. The lowest BCUT2D eigenvalue weighted by Crippen LogP contribution is -2.49. The molecule has 2 aliphatic rings. The van der Waals surface area contributed by atoms with Gasteiger partial charge in [-0.05, 0) is 65.0 Å².